The van der Waals surface area contributed by atoms with Crippen LogP contribution in [0.1, 0.15) is 22.9 Å². The zero-order chi connectivity index (χ0) is 10.9. The van der Waals surface area contributed by atoms with Crippen LogP contribution in [0.4, 0.5) is 17.6 Å². The summed E-state index contributed by atoms with van der Waals surface area (Å²) in [5, 5.41) is 0. The van der Waals surface area contributed by atoms with Crippen LogP contribution < -0.4 is 0 Å². The zero-order valence-corrected chi connectivity index (χ0v) is 8.79. The third-order valence-corrected chi connectivity index (χ3v) is 2.28. The number of hydrogen-bond donors (Lipinski definition) is 0. The average Bonchev–Trinajstić information content (AvgIpc) is 2.02. The number of rotatable bonds is 1. The summed E-state index contributed by atoms with van der Waals surface area (Å²) in [5.74, 6) is -1.24. The summed E-state index contributed by atoms with van der Waals surface area (Å²) in [5.41, 5.74) is -0.819. The molecule has 0 aromatic heterocycles. The lowest BCUT2D eigenvalue weighted by molar-refractivity contribution is -0.140. The smallest absolute Gasteiger partial charge is 0.206 e. The molecule has 0 saturated heterocycles. The van der Waals surface area contributed by atoms with Crippen LogP contribution in [-0.2, 0) is 6.18 Å². The molecule has 5 heteroatoms. The summed E-state index contributed by atoms with van der Waals surface area (Å²) < 4.78 is 49.5. The van der Waals surface area contributed by atoms with Crippen LogP contribution >= 0.6 is 15.9 Å². The van der Waals surface area contributed by atoms with Crippen LogP contribution in [0.2, 0.25) is 0 Å². The van der Waals surface area contributed by atoms with Crippen LogP contribution in [0.3, 0.4) is 0 Å². The SMILES string of the molecule is CC(Br)c1ccc(F)c(C(F)(F)F)c1. The Bertz CT molecular complexity index is 330. The lowest BCUT2D eigenvalue weighted by Gasteiger charge is -2.10. The third kappa shape index (κ3) is 2.47. The number of hydrogen-bond acceptors (Lipinski definition) is 0. The molecule has 0 fully saturated rings. The van der Waals surface area contributed by atoms with Gasteiger partial charge in [0.25, 0.3) is 0 Å². The van der Waals surface area contributed by atoms with Crippen molar-refractivity contribution in [2.45, 2.75) is 17.9 Å². The second-order valence-electron chi connectivity index (χ2n) is 2.85. The molecule has 0 nitrogen and oxygen atoms in total. The van der Waals surface area contributed by atoms with Crippen molar-refractivity contribution in [3.05, 3.63) is 35.1 Å². The Labute approximate surface area is 87.1 Å². The highest BCUT2D eigenvalue weighted by Gasteiger charge is 2.34. The number of alkyl halides is 4. The van der Waals surface area contributed by atoms with Crippen molar-refractivity contribution in [1.29, 1.82) is 0 Å². The van der Waals surface area contributed by atoms with Gasteiger partial charge in [-0.1, -0.05) is 22.0 Å². The van der Waals surface area contributed by atoms with Gasteiger partial charge < -0.3 is 0 Å². The van der Waals surface area contributed by atoms with Crippen LogP contribution in [0.15, 0.2) is 18.2 Å². The maximum absolute atomic E-state index is 12.8. The summed E-state index contributed by atoms with van der Waals surface area (Å²) in [7, 11) is 0. The van der Waals surface area contributed by atoms with Gasteiger partial charge in [0.05, 0.1) is 5.56 Å². The molecule has 1 aromatic carbocycles. The summed E-state index contributed by atoms with van der Waals surface area (Å²) in [6.07, 6.45) is -4.64. The maximum atomic E-state index is 12.8. The maximum Gasteiger partial charge on any atom is 0.419 e. The van der Waals surface area contributed by atoms with Crippen LogP contribution in [0.5, 0.6) is 0 Å². The molecule has 0 bridgehead atoms. The molecule has 1 rings (SSSR count). The molecular formula is C9H7BrF4. The molecule has 0 aliphatic carbocycles. The van der Waals surface area contributed by atoms with Gasteiger partial charge in [0.2, 0.25) is 0 Å². The molecule has 1 atom stereocenters. The van der Waals surface area contributed by atoms with E-state index < -0.39 is 17.6 Å². The average molecular weight is 271 g/mol. The van der Waals surface area contributed by atoms with E-state index in [2.05, 4.69) is 15.9 Å². The quantitative estimate of drug-likeness (QED) is 0.527. The Morgan fingerprint density at radius 2 is 1.86 bits per heavy atom. The van der Waals surface area contributed by atoms with Gasteiger partial charge in [0.15, 0.2) is 0 Å². The fraction of sp³-hybridized carbons (Fsp3) is 0.333. The van der Waals surface area contributed by atoms with Gasteiger partial charge in [-0.05, 0) is 24.6 Å². The Hall–Kier alpha value is -0.580. The van der Waals surface area contributed by atoms with Crippen LogP contribution in [0, 0.1) is 5.82 Å². The standard InChI is InChI=1S/C9H7BrF4/c1-5(10)6-2-3-8(11)7(4-6)9(12,13)14/h2-5H,1H3. The van der Waals surface area contributed by atoms with Crippen molar-refractivity contribution in [1.82, 2.24) is 0 Å². The molecule has 1 unspecified atom stereocenters. The van der Waals surface area contributed by atoms with Crippen molar-refractivity contribution in [3.63, 3.8) is 0 Å². The second kappa shape index (κ2) is 3.88. The fourth-order valence-electron chi connectivity index (χ4n) is 1.01. The van der Waals surface area contributed by atoms with Gasteiger partial charge in [0.1, 0.15) is 5.82 Å². The Morgan fingerprint density at radius 1 is 1.29 bits per heavy atom. The summed E-state index contributed by atoms with van der Waals surface area (Å²) in [4.78, 5) is -0.232. The Morgan fingerprint density at radius 3 is 2.29 bits per heavy atom. The molecule has 78 valence electrons. The van der Waals surface area contributed by atoms with E-state index in [0.717, 1.165) is 12.1 Å². The van der Waals surface area contributed by atoms with Gasteiger partial charge in [-0.25, -0.2) is 4.39 Å². The predicted molar refractivity (Wildman–Crippen MR) is 48.7 cm³/mol. The highest BCUT2D eigenvalue weighted by atomic mass is 79.9. The normalized spacial score (nSPS) is 14.1. The van der Waals surface area contributed by atoms with Gasteiger partial charge in [0, 0.05) is 4.83 Å². The predicted octanol–water partition coefficient (Wildman–Crippen LogP) is 4.30. The Kier molecular flexibility index (Phi) is 3.19. The van der Waals surface area contributed by atoms with E-state index in [1.807, 2.05) is 0 Å². The Balaban J connectivity index is 3.22. The van der Waals surface area contributed by atoms with Gasteiger partial charge in [-0.3, -0.25) is 0 Å². The van der Waals surface area contributed by atoms with Crippen molar-refractivity contribution < 1.29 is 17.6 Å². The van der Waals surface area contributed by atoms with Gasteiger partial charge >= 0.3 is 6.18 Å². The fourth-order valence-corrected chi connectivity index (χ4v) is 1.29. The highest BCUT2D eigenvalue weighted by Crippen LogP contribution is 2.34. The number of benzene rings is 1. The van der Waals surface area contributed by atoms with E-state index in [4.69, 9.17) is 0 Å². The first kappa shape index (κ1) is 11.5. The minimum atomic E-state index is -4.64. The van der Waals surface area contributed by atoms with E-state index in [0.29, 0.717) is 5.56 Å². The van der Waals surface area contributed by atoms with E-state index >= 15 is 0 Å². The first-order valence-corrected chi connectivity index (χ1v) is 4.74. The monoisotopic (exact) mass is 270 g/mol. The first-order chi connectivity index (χ1) is 6.32. The molecule has 14 heavy (non-hydrogen) atoms. The summed E-state index contributed by atoms with van der Waals surface area (Å²) in [6, 6.07) is 2.97. The van der Waals surface area contributed by atoms with Gasteiger partial charge in [-0.15, -0.1) is 0 Å². The summed E-state index contributed by atoms with van der Waals surface area (Å²) in [6.45, 7) is 1.67. The molecule has 0 heterocycles. The molecule has 0 spiro atoms. The van der Waals surface area contributed by atoms with Crippen molar-refractivity contribution in [3.8, 4) is 0 Å². The lowest BCUT2D eigenvalue weighted by atomic mass is 10.1. The molecular weight excluding hydrogens is 264 g/mol. The topological polar surface area (TPSA) is 0 Å². The van der Waals surface area contributed by atoms with Crippen molar-refractivity contribution in [2.24, 2.45) is 0 Å². The second-order valence-corrected chi connectivity index (χ2v) is 4.23. The van der Waals surface area contributed by atoms with E-state index in [-0.39, 0.29) is 4.83 Å². The minimum absolute atomic E-state index is 0.232. The molecule has 0 aliphatic heterocycles. The first-order valence-electron chi connectivity index (χ1n) is 3.83. The molecule has 0 amide bonds. The third-order valence-electron chi connectivity index (χ3n) is 1.76. The number of halogens is 5. The summed E-state index contributed by atoms with van der Waals surface area (Å²) >= 11 is 3.12. The lowest BCUT2D eigenvalue weighted by Crippen LogP contribution is -2.08. The van der Waals surface area contributed by atoms with Gasteiger partial charge in [-0.2, -0.15) is 13.2 Å². The molecule has 0 aliphatic rings. The van der Waals surface area contributed by atoms with E-state index in [9.17, 15) is 17.6 Å². The van der Waals surface area contributed by atoms with E-state index in [1.165, 1.54) is 6.07 Å². The van der Waals surface area contributed by atoms with Crippen LogP contribution in [0.25, 0.3) is 0 Å². The molecule has 0 N–H and O–H groups in total. The highest BCUT2D eigenvalue weighted by molar-refractivity contribution is 9.09. The van der Waals surface area contributed by atoms with E-state index in [1.54, 1.807) is 6.92 Å². The molecule has 1 aromatic rings. The molecule has 0 saturated carbocycles. The van der Waals surface area contributed by atoms with Crippen molar-refractivity contribution in [2.75, 3.05) is 0 Å². The largest absolute Gasteiger partial charge is 0.419 e. The zero-order valence-electron chi connectivity index (χ0n) is 7.20. The molecule has 0 radical (unpaired) electrons. The van der Waals surface area contributed by atoms with Crippen LogP contribution in [-0.4, -0.2) is 0 Å². The van der Waals surface area contributed by atoms with Crippen molar-refractivity contribution >= 4 is 15.9 Å². The minimum Gasteiger partial charge on any atom is -0.206 e.